The van der Waals surface area contributed by atoms with E-state index in [1.807, 2.05) is 0 Å². The molecule has 0 aromatic rings. The van der Waals surface area contributed by atoms with Crippen molar-refractivity contribution >= 4 is 14.6 Å². The fourth-order valence-corrected chi connectivity index (χ4v) is 3.05. The SMILES string of the molecule is C[C@@H](CCCCCC=O)O[Si](C)(C)C(C)(C)C. The standard InChI is InChI=1S/C14H30O2Si/c1-13(11-9-7-8-10-12-15)16-17(5,6)14(2,3)4/h12-13H,7-11H2,1-6H3/t13-/m0/s1. The van der Waals surface area contributed by atoms with Gasteiger partial charge in [0.25, 0.3) is 0 Å². The number of hydrogen-bond donors (Lipinski definition) is 0. The maximum absolute atomic E-state index is 10.2. The van der Waals surface area contributed by atoms with Crippen molar-refractivity contribution < 1.29 is 9.22 Å². The largest absolute Gasteiger partial charge is 0.414 e. The molecule has 0 aromatic carbocycles. The van der Waals surface area contributed by atoms with Gasteiger partial charge in [-0.3, -0.25) is 0 Å². The van der Waals surface area contributed by atoms with Gasteiger partial charge in [0, 0.05) is 12.5 Å². The van der Waals surface area contributed by atoms with Crippen LogP contribution >= 0.6 is 0 Å². The van der Waals surface area contributed by atoms with E-state index in [1.54, 1.807) is 0 Å². The lowest BCUT2D eigenvalue weighted by Crippen LogP contribution is -2.43. The average molecular weight is 258 g/mol. The van der Waals surface area contributed by atoms with E-state index in [0.717, 1.165) is 25.5 Å². The van der Waals surface area contributed by atoms with Crippen molar-refractivity contribution in [3.63, 3.8) is 0 Å². The molecule has 0 aromatic heterocycles. The first-order valence-corrected chi connectivity index (χ1v) is 9.73. The van der Waals surface area contributed by atoms with E-state index in [9.17, 15) is 4.79 Å². The van der Waals surface area contributed by atoms with Gasteiger partial charge in [0.05, 0.1) is 0 Å². The molecule has 0 saturated carbocycles. The molecule has 0 N–H and O–H groups in total. The Bertz CT molecular complexity index is 219. The number of carbonyl (C=O) groups is 1. The van der Waals surface area contributed by atoms with Gasteiger partial charge in [-0.1, -0.05) is 33.6 Å². The second kappa shape index (κ2) is 7.32. The molecule has 0 bridgehead atoms. The molecule has 2 nitrogen and oxygen atoms in total. The van der Waals surface area contributed by atoms with Crippen LogP contribution in [0.2, 0.25) is 18.1 Å². The van der Waals surface area contributed by atoms with Crippen LogP contribution in [0.15, 0.2) is 0 Å². The summed E-state index contributed by atoms with van der Waals surface area (Å²) in [5, 5.41) is 0.290. The van der Waals surface area contributed by atoms with Crippen LogP contribution in [0.4, 0.5) is 0 Å². The van der Waals surface area contributed by atoms with Crippen molar-refractivity contribution in [2.24, 2.45) is 0 Å². The third kappa shape index (κ3) is 6.99. The van der Waals surface area contributed by atoms with Gasteiger partial charge in [-0.05, 0) is 37.9 Å². The van der Waals surface area contributed by atoms with Crippen LogP contribution in [0.1, 0.15) is 59.8 Å². The van der Waals surface area contributed by atoms with Crippen molar-refractivity contribution in [1.29, 1.82) is 0 Å². The summed E-state index contributed by atoms with van der Waals surface area (Å²) in [5.74, 6) is 0. The summed E-state index contributed by atoms with van der Waals surface area (Å²) in [4.78, 5) is 10.2. The molecule has 102 valence electrons. The van der Waals surface area contributed by atoms with Crippen molar-refractivity contribution in [3.05, 3.63) is 0 Å². The molecule has 0 heterocycles. The molecule has 0 aliphatic heterocycles. The quantitative estimate of drug-likeness (QED) is 0.363. The lowest BCUT2D eigenvalue weighted by Gasteiger charge is -2.38. The average Bonchev–Trinajstić information content (AvgIpc) is 2.14. The molecule has 1 atom stereocenters. The first kappa shape index (κ1) is 16.8. The number of aldehydes is 1. The Kier molecular flexibility index (Phi) is 7.25. The van der Waals surface area contributed by atoms with Crippen LogP contribution in [0.5, 0.6) is 0 Å². The van der Waals surface area contributed by atoms with E-state index in [-0.39, 0.29) is 0 Å². The fourth-order valence-electron chi connectivity index (χ4n) is 1.57. The molecule has 0 aliphatic rings. The summed E-state index contributed by atoms with van der Waals surface area (Å²) in [6, 6.07) is 0. The van der Waals surface area contributed by atoms with Crippen LogP contribution in [-0.2, 0) is 9.22 Å². The summed E-state index contributed by atoms with van der Waals surface area (Å²) in [6.07, 6.45) is 6.52. The molecule has 3 heteroatoms. The van der Waals surface area contributed by atoms with Gasteiger partial charge in [0.15, 0.2) is 8.32 Å². The highest BCUT2D eigenvalue weighted by Crippen LogP contribution is 2.37. The monoisotopic (exact) mass is 258 g/mol. The number of rotatable bonds is 8. The lowest BCUT2D eigenvalue weighted by molar-refractivity contribution is -0.107. The molecule has 0 aliphatic carbocycles. The minimum Gasteiger partial charge on any atom is -0.414 e. The second-order valence-corrected chi connectivity index (χ2v) is 11.2. The first-order chi connectivity index (χ1) is 7.70. The Morgan fingerprint density at radius 3 is 2.24 bits per heavy atom. The maximum atomic E-state index is 10.2. The summed E-state index contributed by atoms with van der Waals surface area (Å²) in [6.45, 7) is 13.6. The smallest absolute Gasteiger partial charge is 0.192 e. The molecular formula is C14H30O2Si. The molecular weight excluding hydrogens is 228 g/mol. The normalized spacial score (nSPS) is 14.7. The van der Waals surface area contributed by atoms with Crippen LogP contribution in [-0.4, -0.2) is 20.7 Å². The van der Waals surface area contributed by atoms with Crippen molar-refractivity contribution in [2.45, 2.75) is 84.0 Å². The van der Waals surface area contributed by atoms with E-state index in [1.165, 1.54) is 6.42 Å². The first-order valence-electron chi connectivity index (χ1n) is 6.82. The highest BCUT2D eigenvalue weighted by atomic mass is 28.4. The maximum Gasteiger partial charge on any atom is 0.192 e. The predicted octanol–water partition coefficient (Wildman–Crippen LogP) is 4.55. The summed E-state index contributed by atoms with van der Waals surface area (Å²) in [7, 11) is -1.60. The van der Waals surface area contributed by atoms with Gasteiger partial charge >= 0.3 is 0 Å². The third-order valence-electron chi connectivity index (χ3n) is 3.73. The van der Waals surface area contributed by atoms with Gasteiger partial charge in [-0.25, -0.2) is 0 Å². The summed E-state index contributed by atoms with van der Waals surface area (Å²) < 4.78 is 6.28. The predicted molar refractivity (Wildman–Crippen MR) is 76.9 cm³/mol. The summed E-state index contributed by atoms with van der Waals surface area (Å²) in [5.41, 5.74) is 0. The lowest BCUT2D eigenvalue weighted by atomic mass is 10.1. The highest BCUT2D eigenvalue weighted by Gasteiger charge is 2.38. The van der Waals surface area contributed by atoms with E-state index in [0.29, 0.717) is 17.6 Å². The zero-order valence-corrected chi connectivity index (χ0v) is 13.5. The van der Waals surface area contributed by atoms with E-state index >= 15 is 0 Å². The molecule has 0 unspecified atom stereocenters. The topological polar surface area (TPSA) is 26.3 Å². The Balaban J connectivity index is 3.85. The van der Waals surface area contributed by atoms with Crippen LogP contribution < -0.4 is 0 Å². The van der Waals surface area contributed by atoms with Gasteiger partial charge in [-0.15, -0.1) is 0 Å². The molecule has 0 amide bonds. The van der Waals surface area contributed by atoms with Crippen molar-refractivity contribution in [3.8, 4) is 0 Å². The third-order valence-corrected chi connectivity index (χ3v) is 8.34. The number of hydrogen-bond acceptors (Lipinski definition) is 2. The molecule has 0 rings (SSSR count). The van der Waals surface area contributed by atoms with Crippen LogP contribution in [0.3, 0.4) is 0 Å². The fraction of sp³-hybridized carbons (Fsp3) is 0.929. The Labute approximate surface area is 108 Å². The van der Waals surface area contributed by atoms with E-state index in [2.05, 4.69) is 40.8 Å². The minimum atomic E-state index is -1.60. The van der Waals surface area contributed by atoms with Gasteiger partial charge in [0.2, 0.25) is 0 Å². The molecule has 0 fully saturated rings. The van der Waals surface area contributed by atoms with Crippen molar-refractivity contribution in [1.82, 2.24) is 0 Å². The van der Waals surface area contributed by atoms with E-state index in [4.69, 9.17) is 4.43 Å². The Morgan fingerprint density at radius 2 is 1.76 bits per heavy atom. The molecule has 0 spiro atoms. The minimum absolute atomic E-state index is 0.290. The number of carbonyl (C=O) groups excluding carboxylic acids is 1. The van der Waals surface area contributed by atoms with Gasteiger partial charge in [-0.2, -0.15) is 0 Å². The van der Waals surface area contributed by atoms with Crippen LogP contribution in [0, 0.1) is 0 Å². The number of unbranched alkanes of at least 4 members (excludes halogenated alkanes) is 3. The molecule has 17 heavy (non-hydrogen) atoms. The molecule has 0 radical (unpaired) electrons. The van der Waals surface area contributed by atoms with Crippen LogP contribution in [0.25, 0.3) is 0 Å². The van der Waals surface area contributed by atoms with E-state index < -0.39 is 8.32 Å². The van der Waals surface area contributed by atoms with Gasteiger partial charge in [0.1, 0.15) is 6.29 Å². The zero-order chi connectivity index (χ0) is 13.5. The molecule has 0 saturated heterocycles. The Hall–Kier alpha value is -0.153. The highest BCUT2D eigenvalue weighted by molar-refractivity contribution is 6.74. The van der Waals surface area contributed by atoms with Crippen molar-refractivity contribution in [2.75, 3.05) is 0 Å². The zero-order valence-electron chi connectivity index (χ0n) is 12.5. The van der Waals surface area contributed by atoms with Gasteiger partial charge < -0.3 is 9.22 Å². The summed E-state index contributed by atoms with van der Waals surface area (Å²) >= 11 is 0. The second-order valence-electron chi connectivity index (χ2n) is 6.49. The Morgan fingerprint density at radius 1 is 1.18 bits per heavy atom.